The van der Waals surface area contributed by atoms with E-state index >= 15 is 0 Å². The van der Waals surface area contributed by atoms with Crippen molar-refractivity contribution in [2.24, 2.45) is 0 Å². The molecule has 3 aromatic rings. The third kappa shape index (κ3) is 2.86. The molecule has 0 aliphatic carbocycles. The summed E-state index contributed by atoms with van der Waals surface area (Å²) < 4.78 is 2.11. The van der Waals surface area contributed by atoms with Gasteiger partial charge in [0.05, 0.1) is 0 Å². The van der Waals surface area contributed by atoms with Crippen LogP contribution in [-0.4, -0.2) is 0 Å². The minimum Gasteiger partial charge on any atom is -0.356 e. The minimum atomic E-state index is 1.09. The molecule has 0 radical (unpaired) electrons. The van der Waals surface area contributed by atoms with Gasteiger partial charge in [-0.15, -0.1) is 0 Å². The summed E-state index contributed by atoms with van der Waals surface area (Å²) in [5.41, 5.74) is 4.61. The fourth-order valence-corrected chi connectivity index (χ4v) is 2.08. The zero-order valence-corrected chi connectivity index (χ0v) is 11.5. The van der Waals surface area contributed by atoms with E-state index in [2.05, 4.69) is 77.7 Å². The van der Waals surface area contributed by atoms with Crippen LogP contribution in [0, 0.1) is 6.92 Å². The maximum Gasteiger partial charge on any atom is 0.210 e. The van der Waals surface area contributed by atoms with Crippen molar-refractivity contribution in [1.29, 1.82) is 0 Å². The summed E-state index contributed by atoms with van der Waals surface area (Å²) in [4.78, 5) is 0. The monoisotopic (exact) mass is 261 g/mol. The number of benzene rings is 2. The SMILES string of the molecule is Cc1cc[n+](-c2ccc(Nc3ccccc3)cc2)cc1. The number of anilines is 2. The molecule has 3 rings (SSSR count). The van der Waals surface area contributed by atoms with Gasteiger partial charge in [0.15, 0.2) is 12.4 Å². The summed E-state index contributed by atoms with van der Waals surface area (Å²) in [6.45, 7) is 2.09. The number of hydrogen-bond acceptors (Lipinski definition) is 1. The highest BCUT2D eigenvalue weighted by atomic mass is 14.9. The molecule has 0 spiro atoms. The van der Waals surface area contributed by atoms with Gasteiger partial charge in [0.2, 0.25) is 5.69 Å². The second kappa shape index (κ2) is 5.57. The Balaban J connectivity index is 1.79. The van der Waals surface area contributed by atoms with Crippen molar-refractivity contribution in [3.63, 3.8) is 0 Å². The summed E-state index contributed by atoms with van der Waals surface area (Å²) >= 11 is 0. The lowest BCUT2D eigenvalue weighted by Gasteiger charge is -2.05. The quantitative estimate of drug-likeness (QED) is 0.704. The molecule has 98 valence electrons. The maximum atomic E-state index is 3.38. The van der Waals surface area contributed by atoms with E-state index in [0.29, 0.717) is 0 Å². The van der Waals surface area contributed by atoms with Gasteiger partial charge in [-0.05, 0) is 36.8 Å². The Bertz CT molecular complexity index is 671. The van der Waals surface area contributed by atoms with Gasteiger partial charge in [-0.3, -0.25) is 0 Å². The summed E-state index contributed by atoms with van der Waals surface area (Å²) in [6.07, 6.45) is 4.16. The van der Waals surface area contributed by atoms with Gasteiger partial charge in [0.1, 0.15) is 0 Å². The Labute approximate surface area is 119 Å². The fraction of sp³-hybridized carbons (Fsp3) is 0.0556. The summed E-state index contributed by atoms with van der Waals surface area (Å²) in [7, 11) is 0. The van der Waals surface area contributed by atoms with E-state index in [4.69, 9.17) is 0 Å². The largest absolute Gasteiger partial charge is 0.356 e. The minimum absolute atomic E-state index is 1.09. The van der Waals surface area contributed by atoms with E-state index in [1.807, 2.05) is 18.2 Å². The van der Waals surface area contributed by atoms with Gasteiger partial charge in [-0.1, -0.05) is 18.2 Å². The lowest BCUT2D eigenvalue weighted by atomic mass is 10.2. The number of hydrogen-bond donors (Lipinski definition) is 1. The third-order valence-electron chi connectivity index (χ3n) is 3.22. The lowest BCUT2D eigenvalue weighted by molar-refractivity contribution is -0.595. The predicted octanol–water partition coefficient (Wildman–Crippen LogP) is 4.02. The van der Waals surface area contributed by atoms with E-state index in [0.717, 1.165) is 17.1 Å². The fourth-order valence-electron chi connectivity index (χ4n) is 2.08. The highest BCUT2D eigenvalue weighted by molar-refractivity contribution is 5.60. The molecule has 2 heteroatoms. The number of rotatable bonds is 3. The Kier molecular flexibility index (Phi) is 3.46. The average molecular weight is 261 g/mol. The third-order valence-corrected chi connectivity index (χ3v) is 3.22. The van der Waals surface area contributed by atoms with Crippen LogP contribution in [0.15, 0.2) is 79.1 Å². The average Bonchev–Trinajstić information content (AvgIpc) is 2.50. The molecule has 0 atom stereocenters. The zero-order valence-electron chi connectivity index (χ0n) is 11.5. The normalized spacial score (nSPS) is 10.2. The number of aromatic nitrogens is 1. The van der Waals surface area contributed by atoms with Crippen molar-refractivity contribution in [3.8, 4) is 5.69 Å². The molecule has 0 saturated carbocycles. The first-order chi connectivity index (χ1) is 9.81. The molecule has 0 unspecified atom stereocenters. The van der Waals surface area contributed by atoms with Crippen LogP contribution in [0.4, 0.5) is 11.4 Å². The van der Waals surface area contributed by atoms with Crippen molar-refractivity contribution >= 4 is 11.4 Å². The van der Waals surface area contributed by atoms with Gasteiger partial charge >= 0.3 is 0 Å². The number of nitrogens with zero attached hydrogens (tertiary/aromatic N) is 1. The van der Waals surface area contributed by atoms with E-state index in [-0.39, 0.29) is 0 Å². The molecule has 1 N–H and O–H groups in total. The van der Waals surface area contributed by atoms with Crippen molar-refractivity contribution in [2.75, 3.05) is 5.32 Å². The summed E-state index contributed by atoms with van der Waals surface area (Å²) in [6, 6.07) is 22.8. The second-order valence-corrected chi connectivity index (χ2v) is 4.82. The highest BCUT2D eigenvalue weighted by Crippen LogP contribution is 2.16. The molecule has 0 bridgehead atoms. The van der Waals surface area contributed by atoms with Gasteiger partial charge in [0, 0.05) is 35.6 Å². The summed E-state index contributed by atoms with van der Waals surface area (Å²) in [5, 5.41) is 3.38. The van der Waals surface area contributed by atoms with Gasteiger partial charge in [-0.2, -0.15) is 4.57 Å². The number of nitrogens with one attached hydrogen (secondary N) is 1. The van der Waals surface area contributed by atoms with Crippen LogP contribution in [0.3, 0.4) is 0 Å². The first-order valence-electron chi connectivity index (χ1n) is 6.72. The van der Waals surface area contributed by atoms with Crippen LogP contribution < -0.4 is 9.88 Å². The Morgan fingerprint density at radius 3 is 1.95 bits per heavy atom. The first-order valence-corrected chi connectivity index (χ1v) is 6.72. The smallest absolute Gasteiger partial charge is 0.210 e. The predicted molar refractivity (Wildman–Crippen MR) is 82.4 cm³/mol. The number of pyridine rings is 1. The molecular weight excluding hydrogens is 244 g/mol. The first kappa shape index (κ1) is 12.4. The zero-order chi connectivity index (χ0) is 13.8. The standard InChI is InChI=1S/C18H17N2/c1-15-11-13-20(14-12-15)18-9-7-17(8-10-18)19-16-5-3-2-4-6-16/h2-14,19H,1H3/q+1. The number of para-hydroxylation sites is 1. The van der Waals surface area contributed by atoms with E-state index in [1.54, 1.807) is 0 Å². The molecule has 0 amide bonds. The van der Waals surface area contributed by atoms with Gasteiger partial charge < -0.3 is 5.32 Å². The van der Waals surface area contributed by atoms with E-state index < -0.39 is 0 Å². The van der Waals surface area contributed by atoms with Crippen LogP contribution in [0.2, 0.25) is 0 Å². The topological polar surface area (TPSA) is 15.9 Å². The van der Waals surface area contributed by atoms with E-state index in [9.17, 15) is 0 Å². The van der Waals surface area contributed by atoms with Gasteiger partial charge in [0.25, 0.3) is 0 Å². The van der Waals surface area contributed by atoms with Crippen molar-refractivity contribution in [1.82, 2.24) is 0 Å². The van der Waals surface area contributed by atoms with Crippen LogP contribution in [0.5, 0.6) is 0 Å². The molecule has 0 fully saturated rings. The molecule has 1 aromatic heterocycles. The van der Waals surface area contributed by atoms with Crippen LogP contribution in [0.25, 0.3) is 5.69 Å². The molecule has 2 nitrogen and oxygen atoms in total. The molecule has 20 heavy (non-hydrogen) atoms. The van der Waals surface area contributed by atoms with Gasteiger partial charge in [-0.25, -0.2) is 0 Å². The molecule has 1 heterocycles. The second-order valence-electron chi connectivity index (χ2n) is 4.82. The molecule has 0 saturated heterocycles. The summed E-state index contributed by atoms with van der Waals surface area (Å²) in [5.74, 6) is 0. The van der Waals surface area contributed by atoms with Crippen LogP contribution in [-0.2, 0) is 0 Å². The maximum absolute atomic E-state index is 3.38. The Morgan fingerprint density at radius 2 is 1.30 bits per heavy atom. The Morgan fingerprint density at radius 1 is 0.700 bits per heavy atom. The molecule has 2 aromatic carbocycles. The lowest BCUT2D eigenvalue weighted by Crippen LogP contribution is -2.29. The van der Waals surface area contributed by atoms with E-state index in [1.165, 1.54) is 5.56 Å². The van der Waals surface area contributed by atoms with Crippen molar-refractivity contribution < 1.29 is 4.57 Å². The molecule has 0 aliphatic heterocycles. The molecular formula is C18H17N2+. The van der Waals surface area contributed by atoms with Crippen molar-refractivity contribution in [2.45, 2.75) is 6.92 Å². The van der Waals surface area contributed by atoms with Crippen molar-refractivity contribution in [3.05, 3.63) is 84.7 Å². The van der Waals surface area contributed by atoms with Crippen LogP contribution >= 0.6 is 0 Å². The number of aryl methyl sites for hydroxylation is 1. The highest BCUT2D eigenvalue weighted by Gasteiger charge is 2.04. The Hall–Kier alpha value is -2.61. The van der Waals surface area contributed by atoms with Crippen LogP contribution in [0.1, 0.15) is 5.56 Å². The molecule has 0 aliphatic rings.